The summed E-state index contributed by atoms with van der Waals surface area (Å²) in [6, 6.07) is 18.3. The molecule has 0 aliphatic heterocycles. The largest absolute Gasteiger partial charge is 0.352 e. The van der Waals surface area contributed by atoms with Gasteiger partial charge >= 0.3 is 0 Å². The molecule has 194 valence electrons. The number of hydrogen-bond acceptors (Lipinski definition) is 4. The van der Waals surface area contributed by atoms with Crippen LogP contribution in [0.3, 0.4) is 0 Å². The molecule has 0 spiro atoms. The second-order valence-electron chi connectivity index (χ2n) is 10.4. The van der Waals surface area contributed by atoms with E-state index in [4.69, 9.17) is 0 Å². The number of amides is 2. The number of para-hydroxylation sites is 1. The zero-order valence-corrected chi connectivity index (χ0v) is 22.5. The third-order valence-electron chi connectivity index (χ3n) is 6.93. The highest BCUT2D eigenvalue weighted by atomic mass is 16.2. The van der Waals surface area contributed by atoms with E-state index >= 15 is 0 Å². The Hall–Kier alpha value is -3.94. The summed E-state index contributed by atoms with van der Waals surface area (Å²) in [6.07, 6.45) is 2.64. The summed E-state index contributed by atoms with van der Waals surface area (Å²) in [7, 11) is 1.88. The van der Waals surface area contributed by atoms with Gasteiger partial charge in [-0.2, -0.15) is 0 Å². The van der Waals surface area contributed by atoms with E-state index in [9.17, 15) is 9.59 Å². The summed E-state index contributed by atoms with van der Waals surface area (Å²) in [5, 5.41) is 11.6. The third-order valence-corrected chi connectivity index (χ3v) is 6.93. The van der Waals surface area contributed by atoms with Crippen molar-refractivity contribution < 1.29 is 9.59 Å². The first kappa shape index (κ1) is 26.1. The molecule has 0 saturated heterocycles. The molecule has 8 nitrogen and oxygen atoms in total. The van der Waals surface area contributed by atoms with Gasteiger partial charge in [-0.3, -0.25) is 14.5 Å². The van der Waals surface area contributed by atoms with E-state index in [1.165, 1.54) is 0 Å². The topological polar surface area (TPSA) is 85.0 Å². The molecule has 2 amide bonds. The van der Waals surface area contributed by atoms with Gasteiger partial charge in [-0.1, -0.05) is 50.3 Å². The number of carbonyl (C=O) groups excluding carboxylic acids is 2. The van der Waals surface area contributed by atoms with Gasteiger partial charge in [0.25, 0.3) is 0 Å². The lowest BCUT2D eigenvalue weighted by molar-refractivity contribution is -0.128. The summed E-state index contributed by atoms with van der Waals surface area (Å²) < 4.78 is 3.47. The second-order valence-corrected chi connectivity index (χ2v) is 10.4. The Bertz CT molecular complexity index is 1380. The molecule has 0 aliphatic rings. The molecule has 4 rings (SSSR count). The zero-order valence-electron chi connectivity index (χ0n) is 22.5. The lowest BCUT2D eigenvalue weighted by atomic mass is 9.99. The van der Waals surface area contributed by atoms with Gasteiger partial charge in [0.15, 0.2) is 6.04 Å². The van der Waals surface area contributed by atoms with Gasteiger partial charge < -0.3 is 9.88 Å². The molecule has 2 aromatic carbocycles. The first-order valence-electron chi connectivity index (χ1n) is 12.7. The van der Waals surface area contributed by atoms with Gasteiger partial charge in [0, 0.05) is 24.5 Å². The normalized spacial score (nSPS) is 12.6. The van der Waals surface area contributed by atoms with Crippen LogP contribution in [0.5, 0.6) is 0 Å². The fourth-order valence-corrected chi connectivity index (χ4v) is 4.33. The van der Waals surface area contributed by atoms with Crippen molar-refractivity contribution in [1.82, 2.24) is 24.9 Å². The maximum Gasteiger partial charge on any atom is 0.249 e. The summed E-state index contributed by atoms with van der Waals surface area (Å²) in [4.78, 5) is 29.6. The smallest absolute Gasteiger partial charge is 0.249 e. The van der Waals surface area contributed by atoms with Crippen LogP contribution in [0.25, 0.3) is 11.0 Å². The molecule has 1 atom stereocenters. The Kier molecular flexibility index (Phi) is 7.47. The molecule has 0 radical (unpaired) electrons. The number of anilines is 1. The molecule has 0 bridgehead atoms. The standard InChI is InChI=1S/C29H36N6O2/c1-7-29(4,5)30-28(37)27(25-13-10-18-33(25)6)35(22-16-14-21(15-17-22)20(2)3)26(36)19-34-24-12-9-8-11-23(24)31-32-34/h8-18,20,27H,7,19H2,1-6H3,(H,30,37)/t27-/m1/s1. The first-order valence-corrected chi connectivity index (χ1v) is 12.7. The van der Waals surface area contributed by atoms with Crippen molar-refractivity contribution in [3.05, 3.63) is 78.1 Å². The fraction of sp³-hybridized carbons (Fsp3) is 0.379. The summed E-state index contributed by atoms with van der Waals surface area (Å²) in [6.45, 7) is 10.2. The highest BCUT2D eigenvalue weighted by Crippen LogP contribution is 2.31. The SMILES string of the molecule is CCC(C)(C)NC(=O)[C@@H](c1cccn1C)N(C(=O)Cn1nnc2ccccc21)c1ccc(C(C)C)cc1. The number of aromatic nitrogens is 4. The van der Waals surface area contributed by atoms with Crippen LogP contribution in [0, 0.1) is 0 Å². The van der Waals surface area contributed by atoms with E-state index in [0.29, 0.717) is 22.8 Å². The molecule has 8 heteroatoms. The van der Waals surface area contributed by atoms with Crippen LogP contribution in [-0.4, -0.2) is 36.9 Å². The number of hydrogen-bond donors (Lipinski definition) is 1. The van der Waals surface area contributed by atoms with Crippen molar-refractivity contribution in [2.45, 2.75) is 65.1 Å². The molecule has 2 heterocycles. The zero-order chi connectivity index (χ0) is 26.7. The maximum atomic E-state index is 14.1. The van der Waals surface area contributed by atoms with Crippen molar-refractivity contribution in [1.29, 1.82) is 0 Å². The van der Waals surface area contributed by atoms with E-state index < -0.39 is 11.6 Å². The third kappa shape index (κ3) is 5.58. The maximum absolute atomic E-state index is 14.1. The molecule has 0 aliphatic carbocycles. The molecular weight excluding hydrogens is 464 g/mol. The van der Waals surface area contributed by atoms with Crippen molar-refractivity contribution in [3.8, 4) is 0 Å². The molecule has 37 heavy (non-hydrogen) atoms. The predicted molar refractivity (Wildman–Crippen MR) is 146 cm³/mol. The van der Waals surface area contributed by atoms with E-state index in [-0.39, 0.29) is 18.4 Å². The molecule has 0 saturated carbocycles. The highest BCUT2D eigenvalue weighted by Gasteiger charge is 2.36. The minimum Gasteiger partial charge on any atom is -0.352 e. The Morgan fingerprint density at radius 1 is 1.03 bits per heavy atom. The predicted octanol–water partition coefficient (Wildman–Crippen LogP) is 4.97. The Morgan fingerprint density at radius 3 is 2.35 bits per heavy atom. The lowest BCUT2D eigenvalue weighted by Gasteiger charge is -2.34. The number of benzene rings is 2. The monoisotopic (exact) mass is 500 g/mol. The number of nitrogens with one attached hydrogen (secondary N) is 1. The van der Waals surface area contributed by atoms with Crippen LogP contribution in [0.15, 0.2) is 66.9 Å². The van der Waals surface area contributed by atoms with E-state index in [2.05, 4.69) is 29.5 Å². The van der Waals surface area contributed by atoms with Gasteiger partial charge in [0.1, 0.15) is 12.1 Å². The second kappa shape index (κ2) is 10.6. The number of carbonyl (C=O) groups is 2. The van der Waals surface area contributed by atoms with Crippen LogP contribution < -0.4 is 10.2 Å². The van der Waals surface area contributed by atoms with Crippen LogP contribution in [-0.2, 0) is 23.2 Å². The van der Waals surface area contributed by atoms with E-state index in [1.807, 2.05) is 99.2 Å². The van der Waals surface area contributed by atoms with Gasteiger partial charge in [-0.25, -0.2) is 4.68 Å². The highest BCUT2D eigenvalue weighted by molar-refractivity contribution is 6.01. The van der Waals surface area contributed by atoms with Crippen molar-refractivity contribution in [2.24, 2.45) is 7.05 Å². The van der Waals surface area contributed by atoms with E-state index in [1.54, 1.807) is 9.58 Å². The average Bonchev–Trinajstić information content (AvgIpc) is 3.48. The van der Waals surface area contributed by atoms with Gasteiger partial charge in [0.05, 0.1) is 11.2 Å². The average molecular weight is 501 g/mol. The van der Waals surface area contributed by atoms with E-state index in [0.717, 1.165) is 17.5 Å². The van der Waals surface area contributed by atoms with Crippen molar-refractivity contribution in [2.75, 3.05) is 4.90 Å². The van der Waals surface area contributed by atoms with Crippen LogP contribution in [0.1, 0.15) is 64.3 Å². The minimum atomic E-state index is -0.877. The van der Waals surface area contributed by atoms with Crippen LogP contribution >= 0.6 is 0 Å². The molecular formula is C29H36N6O2. The Labute approximate surface area is 218 Å². The molecule has 1 N–H and O–H groups in total. The van der Waals surface area contributed by atoms with Gasteiger partial charge in [-0.05, 0) is 68.1 Å². The lowest BCUT2D eigenvalue weighted by Crippen LogP contribution is -2.51. The molecule has 0 fully saturated rings. The van der Waals surface area contributed by atoms with Crippen molar-refractivity contribution in [3.63, 3.8) is 0 Å². The van der Waals surface area contributed by atoms with Crippen LogP contribution in [0.2, 0.25) is 0 Å². The fourth-order valence-electron chi connectivity index (χ4n) is 4.33. The summed E-state index contributed by atoms with van der Waals surface area (Å²) in [5.41, 5.74) is 3.57. The Morgan fingerprint density at radius 2 is 1.73 bits per heavy atom. The van der Waals surface area contributed by atoms with Gasteiger partial charge in [0.2, 0.25) is 11.8 Å². The summed E-state index contributed by atoms with van der Waals surface area (Å²) in [5.74, 6) is -0.154. The number of fused-ring (bicyclic) bond motifs is 1. The number of nitrogens with zero attached hydrogens (tertiary/aromatic N) is 5. The minimum absolute atomic E-state index is 0.0577. The molecule has 0 unspecified atom stereocenters. The summed E-state index contributed by atoms with van der Waals surface area (Å²) >= 11 is 0. The molecule has 2 aromatic heterocycles. The number of aryl methyl sites for hydroxylation is 1. The van der Waals surface area contributed by atoms with Crippen LogP contribution in [0.4, 0.5) is 5.69 Å². The van der Waals surface area contributed by atoms with Crippen molar-refractivity contribution >= 4 is 28.5 Å². The number of rotatable bonds is 9. The van der Waals surface area contributed by atoms with Gasteiger partial charge in [-0.15, -0.1) is 5.10 Å². The quantitative estimate of drug-likeness (QED) is 0.352. The Balaban J connectivity index is 1.82. The molecule has 4 aromatic rings. The first-order chi connectivity index (χ1) is 17.6.